The Morgan fingerprint density at radius 1 is 1.14 bits per heavy atom. The largest absolute Gasteiger partial charge is 0.462 e. The molecule has 5 N–H and O–H groups in total. The summed E-state index contributed by atoms with van der Waals surface area (Å²) in [5.41, 5.74) is 14.1. The molecular formula is C16H18FN3O2. The number of rotatable bonds is 5. The summed E-state index contributed by atoms with van der Waals surface area (Å²) >= 11 is 0. The van der Waals surface area contributed by atoms with Crippen LogP contribution >= 0.6 is 0 Å². The second-order valence-corrected chi connectivity index (χ2v) is 4.69. The molecule has 0 aliphatic carbocycles. The van der Waals surface area contributed by atoms with Gasteiger partial charge in [-0.3, -0.25) is 0 Å². The normalized spacial score (nSPS) is 10.3. The molecule has 0 spiro atoms. The van der Waals surface area contributed by atoms with Gasteiger partial charge in [-0.05, 0) is 36.8 Å². The molecular weight excluding hydrogens is 285 g/mol. The summed E-state index contributed by atoms with van der Waals surface area (Å²) in [5, 5.41) is 3.11. The van der Waals surface area contributed by atoms with Crippen LogP contribution in [0.1, 0.15) is 22.8 Å². The SMILES string of the molecule is CCOC(=O)c1ccc(NCc2ccc(F)cc2)c(N)c1N. The molecule has 5 nitrogen and oxygen atoms in total. The number of carbonyl (C=O) groups is 1. The number of hydrogen-bond donors (Lipinski definition) is 3. The van der Waals surface area contributed by atoms with E-state index in [0.717, 1.165) is 5.56 Å². The van der Waals surface area contributed by atoms with Crippen LogP contribution in [0.3, 0.4) is 0 Å². The van der Waals surface area contributed by atoms with Crippen molar-refractivity contribution in [2.45, 2.75) is 13.5 Å². The minimum absolute atomic E-state index is 0.183. The third-order valence-electron chi connectivity index (χ3n) is 3.18. The molecule has 0 bridgehead atoms. The van der Waals surface area contributed by atoms with Crippen LogP contribution in [0.15, 0.2) is 36.4 Å². The lowest BCUT2D eigenvalue weighted by Gasteiger charge is -2.14. The van der Waals surface area contributed by atoms with Gasteiger partial charge in [0.15, 0.2) is 0 Å². The summed E-state index contributed by atoms with van der Waals surface area (Å²) in [6, 6.07) is 9.36. The maximum atomic E-state index is 12.8. The van der Waals surface area contributed by atoms with Crippen molar-refractivity contribution in [2.75, 3.05) is 23.4 Å². The monoisotopic (exact) mass is 303 g/mol. The van der Waals surface area contributed by atoms with Gasteiger partial charge in [0, 0.05) is 6.54 Å². The highest BCUT2D eigenvalue weighted by Crippen LogP contribution is 2.29. The number of hydrogen-bond acceptors (Lipinski definition) is 5. The van der Waals surface area contributed by atoms with Gasteiger partial charge in [-0.25, -0.2) is 9.18 Å². The third-order valence-corrected chi connectivity index (χ3v) is 3.18. The third kappa shape index (κ3) is 3.46. The standard InChI is InChI=1S/C16H18FN3O2/c1-2-22-16(21)12-7-8-13(15(19)14(12)18)20-9-10-3-5-11(17)6-4-10/h3-8,20H,2,9,18-19H2,1H3. The molecule has 22 heavy (non-hydrogen) atoms. The highest BCUT2D eigenvalue weighted by molar-refractivity contribution is 6.00. The van der Waals surface area contributed by atoms with E-state index in [9.17, 15) is 9.18 Å². The number of nitrogens with one attached hydrogen (secondary N) is 1. The first-order valence-corrected chi connectivity index (χ1v) is 6.86. The molecule has 0 heterocycles. The van der Waals surface area contributed by atoms with Crippen LogP contribution in [0.4, 0.5) is 21.5 Å². The Morgan fingerprint density at radius 2 is 1.82 bits per heavy atom. The predicted molar refractivity (Wildman–Crippen MR) is 85.0 cm³/mol. The van der Waals surface area contributed by atoms with Crippen LogP contribution in [0.25, 0.3) is 0 Å². The Balaban J connectivity index is 2.13. The lowest BCUT2D eigenvalue weighted by Crippen LogP contribution is -2.11. The molecule has 0 unspecified atom stereocenters. The number of esters is 1. The predicted octanol–water partition coefficient (Wildman–Crippen LogP) is 2.78. The zero-order chi connectivity index (χ0) is 16.1. The minimum Gasteiger partial charge on any atom is -0.462 e. The number of carbonyl (C=O) groups excluding carboxylic acids is 1. The first-order valence-electron chi connectivity index (χ1n) is 6.86. The molecule has 2 aromatic rings. The van der Waals surface area contributed by atoms with Gasteiger partial charge in [-0.15, -0.1) is 0 Å². The van der Waals surface area contributed by atoms with Crippen molar-refractivity contribution in [1.29, 1.82) is 0 Å². The van der Waals surface area contributed by atoms with Crippen molar-refractivity contribution in [3.8, 4) is 0 Å². The topological polar surface area (TPSA) is 90.4 Å². The van der Waals surface area contributed by atoms with Gasteiger partial charge < -0.3 is 21.5 Å². The lowest BCUT2D eigenvalue weighted by atomic mass is 10.1. The first-order chi connectivity index (χ1) is 10.5. The number of ether oxygens (including phenoxy) is 1. The molecule has 116 valence electrons. The first kappa shape index (κ1) is 15.6. The van der Waals surface area contributed by atoms with Gasteiger partial charge in [0.1, 0.15) is 5.82 Å². The fourth-order valence-corrected chi connectivity index (χ4v) is 1.98. The fraction of sp³-hybridized carbons (Fsp3) is 0.188. The molecule has 0 aliphatic rings. The number of anilines is 3. The van der Waals surface area contributed by atoms with Crippen molar-refractivity contribution in [3.05, 3.63) is 53.3 Å². The van der Waals surface area contributed by atoms with Crippen molar-refractivity contribution in [2.24, 2.45) is 0 Å². The zero-order valence-corrected chi connectivity index (χ0v) is 12.2. The molecule has 0 aliphatic heterocycles. The summed E-state index contributed by atoms with van der Waals surface area (Å²) in [6.45, 7) is 2.45. The summed E-state index contributed by atoms with van der Waals surface area (Å²) < 4.78 is 17.8. The van der Waals surface area contributed by atoms with E-state index in [2.05, 4.69) is 5.32 Å². The van der Waals surface area contributed by atoms with Crippen molar-refractivity contribution in [3.63, 3.8) is 0 Å². The Morgan fingerprint density at radius 3 is 2.45 bits per heavy atom. The minimum atomic E-state index is -0.503. The maximum absolute atomic E-state index is 12.8. The smallest absolute Gasteiger partial charge is 0.340 e. The fourth-order valence-electron chi connectivity index (χ4n) is 1.98. The van der Waals surface area contributed by atoms with E-state index in [1.54, 1.807) is 31.2 Å². The summed E-state index contributed by atoms with van der Waals surface area (Å²) in [5.74, 6) is -0.789. The molecule has 2 rings (SSSR count). The summed E-state index contributed by atoms with van der Waals surface area (Å²) in [7, 11) is 0. The van der Waals surface area contributed by atoms with Crippen LogP contribution in [0.2, 0.25) is 0 Å². The molecule has 2 aromatic carbocycles. The molecule has 0 atom stereocenters. The maximum Gasteiger partial charge on any atom is 0.340 e. The van der Waals surface area contributed by atoms with E-state index >= 15 is 0 Å². The molecule has 0 saturated carbocycles. The Hall–Kier alpha value is -2.76. The Bertz CT molecular complexity index is 672. The summed E-state index contributed by atoms with van der Waals surface area (Å²) in [6.07, 6.45) is 0. The van der Waals surface area contributed by atoms with Crippen molar-refractivity contribution in [1.82, 2.24) is 0 Å². The molecule has 0 amide bonds. The van der Waals surface area contributed by atoms with Gasteiger partial charge in [-0.1, -0.05) is 12.1 Å². The molecule has 0 aromatic heterocycles. The second kappa shape index (κ2) is 6.80. The van der Waals surface area contributed by atoms with Crippen LogP contribution in [0.5, 0.6) is 0 Å². The Kier molecular flexibility index (Phi) is 4.83. The van der Waals surface area contributed by atoms with E-state index in [1.165, 1.54) is 12.1 Å². The van der Waals surface area contributed by atoms with E-state index in [0.29, 0.717) is 12.2 Å². The zero-order valence-electron chi connectivity index (χ0n) is 12.2. The van der Waals surface area contributed by atoms with Crippen molar-refractivity contribution < 1.29 is 13.9 Å². The highest BCUT2D eigenvalue weighted by Gasteiger charge is 2.15. The quantitative estimate of drug-likeness (QED) is 0.583. The highest BCUT2D eigenvalue weighted by atomic mass is 19.1. The number of benzene rings is 2. The van der Waals surface area contributed by atoms with Gasteiger partial charge in [0.2, 0.25) is 0 Å². The van der Waals surface area contributed by atoms with Gasteiger partial charge >= 0.3 is 5.97 Å². The molecule has 0 saturated heterocycles. The van der Waals surface area contributed by atoms with Gasteiger partial charge in [0.25, 0.3) is 0 Å². The number of halogens is 1. The average molecular weight is 303 g/mol. The van der Waals surface area contributed by atoms with Gasteiger partial charge in [0.05, 0.1) is 29.2 Å². The van der Waals surface area contributed by atoms with Crippen LogP contribution in [-0.4, -0.2) is 12.6 Å². The average Bonchev–Trinajstić information content (AvgIpc) is 2.50. The number of nitrogen functional groups attached to an aromatic ring is 2. The van der Waals surface area contributed by atoms with E-state index < -0.39 is 5.97 Å². The van der Waals surface area contributed by atoms with Crippen LogP contribution < -0.4 is 16.8 Å². The van der Waals surface area contributed by atoms with Crippen LogP contribution in [-0.2, 0) is 11.3 Å². The molecule has 0 fully saturated rings. The van der Waals surface area contributed by atoms with Gasteiger partial charge in [-0.2, -0.15) is 0 Å². The second-order valence-electron chi connectivity index (χ2n) is 4.69. The van der Waals surface area contributed by atoms with E-state index in [1.807, 2.05) is 0 Å². The van der Waals surface area contributed by atoms with Crippen molar-refractivity contribution >= 4 is 23.0 Å². The molecule has 0 radical (unpaired) electrons. The summed E-state index contributed by atoms with van der Waals surface area (Å²) in [4.78, 5) is 11.7. The Labute approximate surface area is 128 Å². The molecule has 6 heteroatoms. The van der Waals surface area contributed by atoms with Crippen LogP contribution in [0, 0.1) is 5.82 Å². The number of nitrogens with two attached hydrogens (primary N) is 2. The van der Waals surface area contributed by atoms with E-state index in [-0.39, 0.29) is 29.4 Å². The van der Waals surface area contributed by atoms with E-state index in [4.69, 9.17) is 16.2 Å². The lowest BCUT2D eigenvalue weighted by molar-refractivity contribution is 0.0527.